The van der Waals surface area contributed by atoms with Crippen molar-refractivity contribution in [2.24, 2.45) is 46.3 Å². The normalized spacial score (nSPS) is 32.6. The Labute approximate surface area is 306 Å². The van der Waals surface area contributed by atoms with Crippen LogP contribution in [0, 0.1) is 46.3 Å². The van der Waals surface area contributed by atoms with E-state index in [2.05, 4.69) is 45.2 Å². The van der Waals surface area contributed by atoms with Gasteiger partial charge in [-0.25, -0.2) is 0 Å². The molecule has 6 nitrogen and oxygen atoms in total. The number of allylic oxidation sites excluding steroid dienone is 2. The minimum atomic E-state index is -0.990. The minimum absolute atomic E-state index is 0.0313. The molecule has 0 aliphatic heterocycles. The number of ether oxygens (including phenoxy) is 1. The molecule has 9 atom stereocenters. The number of amides is 1. The number of hydrogen-bond acceptors (Lipinski definition) is 4. The second-order valence-electron chi connectivity index (χ2n) is 17.8. The number of carboxylic acids is 1. The van der Waals surface area contributed by atoms with E-state index in [1.807, 2.05) is 0 Å². The average Bonchev–Trinajstić information content (AvgIpc) is 3.45. The van der Waals surface area contributed by atoms with E-state index in [0.717, 1.165) is 49.9 Å². The second-order valence-corrected chi connectivity index (χ2v) is 17.8. The molecule has 2 N–H and O–H groups in total. The van der Waals surface area contributed by atoms with Gasteiger partial charge in [0.15, 0.2) is 0 Å². The zero-order valence-corrected chi connectivity index (χ0v) is 32.7. The van der Waals surface area contributed by atoms with Crippen LogP contribution in [-0.4, -0.2) is 35.6 Å². The number of aliphatic carboxylic acids is 1. The maximum absolute atomic E-state index is 12.8. The topological polar surface area (TPSA) is 92.7 Å². The first-order valence-electron chi connectivity index (χ1n) is 21.4. The van der Waals surface area contributed by atoms with E-state index < -0.39 is 5.97 Å². The summed E-state index contributed by atoms with van der Waals surface area (Å²) in [7, 11) is 0. The predicted molar refractivity (Wildman–Crippen MR) is 204 cm³/mol. The van der Waals surface area contributed by atoms with Crippen molar-refractivity contribution in [2.75, 3.05) is 6.54 Å². The van der Waals surface area contributed by atoms with Gasteiger partial charge in [-0.15, -0.1) is 0 Å². The van der Waals surface area contributed by atoms with Gasteiger partial charge >= 0.3 is 11.9 Å². The van der Waals surface area contributed by atoms with Crippen LogP contribution in [0.5, 0.6) is 0 Å². The molecule has 4 fully saturated rings. The van der Waals surface area contributed by atoms with E-state index in [1.165, 1.54) is 116 Å². The Morgan fingerprint density at radius 2 is 1.42 bits per heavy atom. The molecule has 50 heavy (non-hydrogen) atoms. The molecule has 0 aromatic rings. The summed E-state index contributed by atoms with van der Waals surface area (Å²) in [4.78, 5) is 35.9. The fourth-order valence-electron chi connectivity index (χ4n) is 11.7. The number of hydrogen-bond donors (Lipinski definition) is 2. The minimum Gasteiger partial charge on any atom is -0.480 e. The highest BCUT2D eigenvalue weighted by molar-refractivity contribution is 5.81. The summed E-state index contributed by atoms with van der Waals surface area (Å²) in [5, 5.41) is 11.4. The zero-order valence-electron chi connectivity index (χ0n) is 32.7. The first kappa shape index (κ1) is 40.9. The number of unbranched alkanes of at least 4 members (excludes halogenated alkanes) is 11. The molecule has 0 radical (unpaired) electrons. The molecule has 0 spiro atoms. The van der Waals surface area contributed by atoms with Gasteiger partial charge in [-0.2, -0.15) is 0 Å². The maximum atomic E-state index is 12.8. The molecule has 9 unspecified atom stereocenters. The molecule has 0 aromatic heterocycles. The Kier molecular flexibility index (Phi) is 16.7. The van der Waals surface area contributed by atoms with Crippen LogP contribution in [0.15, 0.2) is 12.2 Å². The monoisotopic (exact) mass is 698 g/mol. The van der Waals surface area contributed by atoms with Crippen molar-refractivity contribution >= 4 is 17.8 Å². The SMILES string of the molecule is CCCCCCCC/C=C\CCCCCCCC(=O)OC1CCC2(C)C(CCC3C2CCC2(C)C(C(C)CCC(=O)NCC(=O)O)CCC32)C1. The third kappa shape index (κ3) is 11.3. The van der Waals surface area contributed by atoms with E-state index in [4.69, 9.17) is 9.84 Å². The molecule has 4 aliphatic carbocycles. The third-order valence-electron chi connectivity index (χ3n) is 14.6. The summed E-state index contributed by atoms with van der Waals surface area (Å²) in [6.45, 7) is 9.46. The van der Waals surface area contributed by atoms with Crippen LogP contribution < -0.4 is 5.32 Å². The van der Waals surface area contributed by atoms with Crippen LogP contribution in [-0.2, 0) is 19.1 Å². The summed E-state index contributed by atoms with van der Waals surface area (Å²) in [6, 6.07) is 0. The Bertz CT molecular complexity index is 1090. The van der Waals surface area contributed by atoms with Crippen LogP contribution in [0.25, 0.3) is 0 Å². The number of carboxylic acid groups (broad SMARTS) is 1. The highest BCUT2D eigenvalue weighted by Crippen LogP contribution is 2.68. The molecular formula is C44H75NO5. The molecule has 0 bridgehead atoms. The Balaban J connectivity index is 1.11. The standard InChI is InChI=1S/C44H75NO5/c1-5-6-7-8-9-10-11-12-13-14-15-16-17-18-19-20-42(49)50-35-27-29-43(3)34(31-35)22-23-36-38-25-24-37(44(38,4)30-28-39(36)43)33(2)21-26-40(46)45-32-41(47)48/h12-13,33-39H,5-11,14-32H2,1-4H3,(H,45,46)(H,47,48)/b13-12-. The zero-order chi connectivity index (χ0) is 36.0. The van der Waals surface area contributed by atoms with E-state index in [0.29, 0.717) is 41.4 Å². The molecule has 1 amide bonds. The first-order chi connectivity index (χ1) is 24.1. The van der Waals surface area contributed by atoms with Gasteiger partial charge in [0.05, 0.1) is 0 Å². The Morgan fingerprint density at radius 1 is 0.780 bits per heavy atom. The van der Waals surface area contributed by atoms with Gasteiger partial charge in [0.2, 0.25) is 5.91 Å². The molecule has 4 aliphatic rings. The summed E-state index contributed by atoms with van der Waals surface area (Å²) >= 11 is 0. The molecule has 4 rings (SSSR count). The van der Waals surface area contributed by atoms with Crippen molar-refractivity contribution in [2.45, 2.75) is 194 Å². The highest BCUT2D eigenvalue weighted by Gasteiger charge is 2.60. The molecular weight excluding hydrogens is 622 g/mol. The van der Waals surface area contributed by atoms with Crippen LogP contribution in [0.4, 0.5) is 0 Å². The van der Waals surface area contributed by atoms with E-state index in [1.54, 1.807) is 0 Å². The average molecular weight is 698 g/mol. The van der Waals surface area contributed by atoms with Crippen molar-refractivity contribution in [3.8, 4) is 0 Å². The number of fused-ring (bicyclic) bond motifs is 5. The fourth-order valence-corrected chi connectivity index (χ4v) is 11.7. The van der Waals surface area contributed by atoms with Gasteiger partial charge in [-0.3, -0.25) is 14.4 Å². The fraction of sp³-hybridized carbons (Fsp3) is 0.886. The van der Waals surface area contributed by atoms with Crippen molar-refractivity contribution in [3.63, 3.8) is 0 Å². The van der Waals surface area contributed by atoms with Crippen molar-refractivity contribution in [1.82, 2.24) is 5.32 Å². The van der Waals surface area contributed by atoms with Crippen molar-refractivity contribution < 1.29 is 24.2 Å². The molecule has 286 valence electrons. The predicted octanol–water partition coefficient (Wildman–Crippen LogP) is 11.2. The van der Waals surface area contributed by atoms with Gasteiger partial charge < -0.3 is 15.2 Å². The van der Waals surface area contributed by atoms with E-state index in [-0.39, 0.29) is 24.5 Å². The number of carbonyl (C=O) groups excluding carboxylic acids is 2. The maximum Gasteiger partial charge on any atom is 0.322 e. The molecule has 0 aromatic carbocycles. The lowest BCUT2D eigenvalue weighted by Crippen LogP contribution is -2.54. The van der Waals surface area contributed by atoms with Crippen molar-refractivity contribution in [3.05, 3.63) is 12.2 Å². The van der Waals surface area contributed by atoms with E-state index >= 15 is 0 Å². The summed E-state index contributed by atoms with van der Waals surface area (Å²) in [5.41, 5.74) is 0.709. The third-order valence-corrected chi connectivity index (χ3v) is 14.6. The Morgan fingerprint density at radius 3 is 2.12 bits per heavy atom. The van der Waals surface area contributed by atoms with Crippen LogP contribution in [0.3, 0.4) is 0 Å². The molecule has 4 saturated carbocycles. The Hall–Kier alpha value is -1.85. The number of esters is 1. The lowest BCUT2D eigenvalue weighted by molar-refractivity contribution is -0.162. The number of carbonyl (C=O) groups is 3. The lowest BCUT2D eigenvalue weighted by atomic mass is 9.44. The molecule has 0 saturated heterocycles. The van der Waals surface area contributed by atoms with Crippen LogP contribution >= 0.6 is 0 Å². The quantitative estimate of drug-likeness (QED) is 0.0667. The summed E-state index contributed by atoms with van der Waals surface area (Å²) in [6.07, 6.45) is 34.2. The largest absolute Gasteiger partial charge is 0.480 e. The van der Waals surface area contributed by atoms with Gasteiger partial charge in [0.1, 0.15) is 12.6 Å². The first-order valence-corrected chi connectivity index (χ1v) is 21.4. The van der Waals surface area contributed by atoms with Gasteiger partial charge in [0, 0.05) is 12.8 Å². The lowest BCUT2D eigenvalue weighted by Gasteiger charge is -2.61. The smallest absolute Gasteiger partial charge is 0.322 e. The number of nitrogens with one attached hydrogen (secondary N) is 1. The van der Waals surface area contributed by atoms with Gasteiger partial charge in [-0.05, 0) is 143 Å². The van der Waals surface area contributed by atoms with Crippen LogP contribution in [0.2, 0.25) is 0 Å². The summed E-state index contributed by atoms with van der Waals surface area (Å²) in [5.74, 6) is 3.03. The number of rotatable bonds is 22. The molecule has 6 heteroatoms. The van der Waals surface area contributed by atoms with Crippen LogP contribution in [0.1, 0.15) is 188 Å². The molecule has 0 heterocycles. The highest BCUT2D eigenvalue weighted by atomic mass is 16.5. The van der Waals surface area contributed by atoms with Gasteiger partial charge in [-0.1, -0.05) is 91.2 Å². The summed E-state index contributed by atoms with van der Waals surface area (Å²) < 4.78 is 6.13. The van der Waals surface area contributed by atoms with E-state index in [9.17, 15) is 14.4 Å². The van der Waals surface area contributed by atoms with Crippen molar-refractivity contribution in [1.29, 1.82) is 0 Å². The second kappa shape index (κ2) is 20.4. The van der Waals surface area contributed by atoms with Gasteiger partial charge in [0.25, 0.3) is 0 Å².